The second-order valence-corrected chi connectivity index (χ2v) is 7.22. The molecule has 0 aliphatic carbocycles. The van der Waals surface area contributed by atoms with Crippen molar-refractivity contribution in [1.82, 2.24) is 14.8 Å². The van der Waals surface area contributed by atoms with Crippen LogP contribution in [0.1, 0.15) is 21.0 Å². The van der Waals surface area contributed by atoms with Gasteiger partial charge in [-0.15, -0.1) is 22.7 Å². The highest BCUT2D eigenvalue weighted by Gasteiger charge is 2.23. The van der Waals surface area contributed by atoms with Crippen LogP contribution in [0.2, 0.25) is 5.15 Å². The zero-order valence-corrected chi connectivity index (χ0v) is 13.9. The van der Waals surface area contributed by atoms with Crippen molar-refractivity contribution in [2.75, 3.05) is 26.2 Å². The van der Waals surface area contributed by atoms with E-state index >= 15 is 0 Å². The predicted octanol–water partition coefficient (Wildman–Crippen LogP) is 3.21. The summed E-state index contributed by atoms with van der Waals surface area (Å²) >= 11 is 9.06. The summed E-state index contributed by atoms with van der Waals surface area (Å²) in [7, 11) is 0. The zero-order valence-electron chi connectivity index (χ0n) is 11.5. The molecule has 7 heteroatoms. The third-order valence-electron chi connectivity index (χ3n) is 3.55. The summed E-state index contributed by atoms with van der Waals surface area (Å²) in [5, 5.41) is 2.43. The van der Waals surface area contributed by atoms with Gasteiger partial charge in [0, 0.05) is 37.6 Å². The van der Waals surface area contributed by atoms with Crippen LogP contribution < -0.4 is 0 Å². The summed E-state index contributed by atoms with van der Waals surface area (Å²) in [5.74, 6) is 0.0143. The van der Waals surface area contributed by atoms with Gasteiger partial charge in [-0.25, -0.2) is 4.98 Å². The number of amides is 1. The van der Waals surface area contributed by atoms with Crippen LogP contribution in [-0.2, 0) is 6.54 Å². The molecule has 1 aliphatic rings. The molecule has 0 unspecified atom stereocenters. The molecule has 0 aromatic carbocycles. The lowest BCUT2D eigenvalue weighted by atomic mass is 10.3. The first-order valence-corrected chi connectivity index (χ1v) is 9.01. The Morgan fingerprint density at radius 1 is 1.29 bits per heavy atom. The molecular weight excluding hydrogens is 326 g/mol. The summed E-state index contributed by atoms with van der Waals surface area (Å²) in [4.78, 5) is 22.6. The molecule has 1 amide bonds. The molecule has 3 rings (SSSR count). The zero-order chi connectivity index (χ0) is 14.7. The van der Waals surface area contributed by atoms with E-state index in [2.05, 4.69) is 27.4 Å². The second kappa shape index (κ2) is 6.87. The van der Waals surface area contributed by atoms with Gasteiger partial charge in [0.2, 0.25) is 0 Å². The SMILES string of the molecule is O=C(c1scnc1Cl)N1CCCN(Cc2cccs2)CC1. The third kappa shape index (κ3) is 3.63. The Hall–Kier alpha value is -0.950. The first-order chi connectivity index (χ1) is 10.2. The highest BCUT2D eigenvalue weighted by molar-refractivity contribution is 7.12. The smallest absolute Gasteiger partial charge is 0.267 e. The number of rotatable bonds is 3. The minimum Gasteiger partial charge on any atom is -0.337 e. The molecule has 3 heterocycles. The normalized spacial score (nSPS) is 16.9. The van der Waals surface area contributed by atoms with Crippen LogP contribution in [-0.4, -0.2) is 46.9 Å². The average Bonchev–Trinajstić information content (AvgIpc) is 3.07. The number of thiazole rings is 1. The molecule has 112 valence electrons. The minimum atomic E-state index is 0.0143. The summed E-state index contributed by atoms with van der Waals surface area (Å²) in [6.07, 6.45) is 0.994. The van der Waals surface area contributed by atoms with Gasteiger partial charge in [0.1, 0.15) is 4.88 Å². The maximum atomic E-state index is 12.5. The lowest BCUT2D eigenvalue weighted by Crippen LogP contribution is -2.34. The van der Waals surface area contributed by atoms with Gasteiger partial charge in [-0.2, -0.15) is 0 Å². The molecular formula is C14H16ClN3OS2. The molecule has 2 aromatic heterocycles. The van der Waals surface area contributed by atoms with Gasteiger partial charge in [-0.3, -0.25) is 9.69 Å². The number of hydrogen-bond acceptors (Lipinski definition) is 5. The van der Waals surface area contributed by atoms with E-state index in [-0.39, 0.29) is 5.91 Å². The fourth-order valence-corrected chi connectivity index (χ4v) is 4.18. The summed E-state index contributed by atoms with van der Waals surface area (Å²) in [5.41, 5.74) is 1.62. The van der Waals surface area contributed by atoms with Crippen molar-refractivity contribution in [2.24, 2.45) is 0 Å². The Labute approximate surface area is 137 Å². The van der Waals surface area contributed by atoms with Crippen LogP contribution in [0.3, 0.4) is 0 Å². The maximum absolute atomic E-state index is 12.5. The van der Waals surface area contributed by atoms with Crippen molar-refractivity contribution in [3.8, 4) is 0 Å². The monoisotopic (exact) mass is 341 g/mol. The summed E-state index contributed by atoms with van der Waals surface area (Å²) in [6, 6.07) is 4.25. The number of halogens is 1. The van der Waals surface area contributed by atoms with E-state index in [0.29, 0.717) is 10.0 Å². The van der Waals surface area contributed by atoms with Crippen molar-refractivity contribution in [3.63, 3.8) is 0 Å². The number of aromatic nitrogens is 1. The lowest BCUT2D eigenvalue weighted by Gasteiger charge is -2.21. The van der Waals surface area contributed by atoms with Gasteiger partial charge >= 0.3 is 0 Å². The molecule has 4 nitrogen and oxygen atoms in total. The van der Waals surface area contributed by atoms with Crippen molar-refractivity contribution in [1.29, 1.82) is 0 Å². The van der Waals surface area contributed by atoms with Crippen molar-refractivity contribution < 1.29 is 4.79 Å². The molecule has 0 saturated carbocycles. The molecule has 1 aliphatic heterocycles. The second-order valence-electron chi connectivity index (χ2n) is 4.97. The molecule has 2 aromatic rings. The highest BCUT2D eigenvalue weighted by atomic mass is 35.5. The van der Waals surface area contributed by atoms with E-state index in [1.54, 1.807) is 16.8 Å². The minimum absolute atomic E-state index is 0.0143. The average molecular weight is 342 g/mol. The molecule has 0 spiro atoms. The molecule has 1 saturated heterocycles. The van der Waals surface area contributed by atoms with Crippen LogP contribution in [0.5, 0.6) is 0 Å². The number of carbonyl (C=O) groups is 1. The predicted molar refractivity (Wildman–Crippen MR) is 87.2 cm³/mol. The van der Waals surface area contributed by atoms with E-state index in [1.165, 1.54) is 16.2 Å². The Morgan fingerprint density at radius 2 is 2.19 bits per heavy atom. The maximum Gasteiger partial charge on any atom is 0.267 e. The standard InChI is InChI=1S/C14H16ClN3OS2/c15-13-12(21-10-16-13)14(19)18-5-2-4-17(6-7-18)9-11-3-1-8-20-11/h1,3,8,10H,2,4-7,9H2. The molecule has 1 fully saturated rings. The molecule has 0 bridgehead atoms. The van der Waals surface area contributed by atoms with Crippen LogP contribution in [0.15, 0.2) is 23.0 Å². The summed E-state index contributed by atoms with van der Waals surface area (Å²) < 4.78 is 0. The van der Waals surface area contributed by atoms with Gasteiger partial charge in [-0.1, -0.05) is 17.7 Å². The summed E-state index contributed by atoms with van der Waals surface area (Å²) in [6.45, 7) is 4.44. The Morgan fingerprint density at radius 3 is 2.90 bits per heavy atom. The number of nitrogens with zero attached hydrogens (tertiary/aromatic N) is 3. The first-order valence-electron chi connectivity index (χ1n) is 6.87. The van der Waals surface area contributed by atoms with Gasteiger partial charge in [-0.05, 0) is 17.9 Å². The van der Waals surface area contributed by atoms with E-state index < -0.39 is 0 Å². The number of hydrogen-bond donors (Lipinski definition) is 0. The van der Waals surface area contributed by atoms with Crippen LogP contribution in [0.25, 0.3) is 0 Å². The van der Waals surface area contributed by atoms with Crippen LogP contribution in [0.4, 0.5) is 0 Å². The molecule has 21 heavy (non-hydrogen) atoms. The van der Waals surface area contributed by atoms with Crippen molar-refractivity contribution in [3.05, 3.63) is 37.9 Å². The first kappa shape index (κ1) is 15.0. The Kier molecular flexibility index (Phi) is 4.90. The van der Waals surface area contributed by atoms with E-state index in [9.17, 15) is 4.79 Å². The van der Waals surface area contributed by atoms with Crippen LogP contribution >= 0.6 is 34.3 Å². The Bertz CT molecular complexity index is 599. The van der Waals surface area contributed by atoms with Gasteiger partial charge in [0.05, 0.1) is 5.51 Å². The number of thiophene rings is 1. The quantitative estimate of drug-likeness (QED) is 0.860. The fraction of sp³-hybridized carbons (Fsp3) is 0.429. The van der Waals surface area contributed by atoms with Gasteiger partial charge in [0.15, 0.2) is 5.15 Å². The van der Waals surface area contributed by atoms with Crippen molar-refractivity contribution >= 4 is 40.2 Å². The van der Waals surface area contributed by atoms with Crippen LogP contribution in [0, 0.1) is 0 Å². The van der Waals surface area contributed by atoms with Gasteiger partial charge in [0.25, 0.3) is 5.91 Å². The number of carbonyl (C=O) groups excluding carboxylic acids is 1. The molecule has 0 N–H and O–H groups in total. The van der Waals surface area contributed by atoms with E-state index in [4.69, 9.17) is 11.6 Å². The third-order valence-corrected chi connectivity index (χ3v) is 5.63. The van der Waals surface area contributed by atoms with Gasteiger partial charge < -0.3 is 4.90 Å². The largest absolute Gasteiger partial charge is 0.337 e. The van der Waals surface area contributed by atoms with E-state index in [1.807, 2.05) is 4.90 Å². The topological polar surface area (TPSA) is 36.4 Å². The molecule has 0 radical (unpaired) electrons. The Balaban J connectivity index is 1.60. The highest BCUT2D eigenvalue weighted by Crippen LogP contribution is 2.21. The fourth-order valence-electron chi connectivity index (χ4n) is 2.47. The molecule has 0 atom stereocenters. The van der Waals surface area contributed by atoms with E-state index in [0.717, 1.165) is 39.1 Å². The lowest BCUT2D eigenvalue weighted by molar-refractivity contribution is 0.0766. The van der Waals surface area contributed by atoms with Crippen molar-refractivity contribution in [2.45, 2.75) is 13.0 Å².